The Balaban J connectivity index is 2.51. The predicted octanol–water partition coefficient (Wildman–Crippen LogP) is 1.86. The van der Waals surface area contributed by atoms with Gasteiger partial charge in [0.05, 0.1) is 6.10 Å². The van der Waals surface area contributed by atoms with E-state index in [4.69, 9.17) is 0 Å². The molecule has 1 saturated carbocycles. The molecule has 0 amide bonds. The van der Waals surface area contributed by atoms with E-state index in [-0.39, 0.29) is 6.10 Å². The molecule has 0 saturated heterocycles. The zero-order chi connectivity index (χ0) is 12.8. The summed E-state index contributed by atoms with van der Waals surface area (Å²) in [6.07, 6.45) is 5.64. The van der Waals surface area contributed by atoms with E-state index in [1.165, 1.54) is 19.3 Å². The summed E-state index contributed by atoms with van der Waals surface area (Å²) in [4.78, 5) is 2.22. The number of hydrogen-bond acceptors (Lipinski definition) is 3. The second kappa shape index (κ2) is 7.34. The molecule has 17 heavy (non-hydrogen) atoms. The number of rotatable bonds is 5. The van der Waals surface area contributed by atoms with Crippen LogP contribution in [0.5, 0.6) is 0 Å². The number of likely N-dealkylation sites (N-methyl/N-ethyl adjacent to an activating group) is 1. The summed E-state index contributed by atoms with van der Waals surface area (Å²) in [5.74, 6) is 0.604. The average molecular weight is 242 g/mol. The van der Waals surface area contributed by atoms with Gasteiger partial charge >= 0.3 is 0 Å². The van der Waals surface area contributed by atoms with Gasteiger partial charge in [0.2, 0.25) is 0 Å². The SMILES string of the molecule is CC(C)C(CN(C)C)NC1CCCCCC1O. The summed E-state index contributed by atoms with van der Waals surface area (Å²) >= 11 is 0. The standard InChI is InChI=1S/C14H30N2O/c1-11(2)13(10-16(3)4)15-12-8-6-5-7-9-14(12)17/h11-15,17H,5-10H2,1-4H3. The number of nitrogens with zero attached hydrogens (tertiary/aromatic N) is 1. The van der Waals surface area contributed by atoms with Crippen molar-refractivity contribution in [3.8, 4) is 0 Å². The fourth-order valence-electron chi connectivity index (χ4n) is 2.61. The third-order valence-corrected chi connectivity index (χ3v) is 3.77. The second-order valence-electron chi connectivity index (χ2n) is 6.09. The van der Waals surface area contributed by atoms with Crippen LogP contribution in [-0.2, 0) is 0 Å². The fourth-order valence-corrected chi connectivity index (χ4v) is 2.61. The van der Waals surface area contributed by atoms with Gasteiger partial charge in [-0.15, -0.1) is 0 Å². The first kappa shape index (κ1) is 14.9. The van der Waals surface area contributed by atoms with Crippen LogP contribution < -0.4 is 5.32 Å². The van der Waals surface area contributed by atoms with Crippen molar-refractivity contribution in [3.05, 3.63) is 0 Å². The van der Waals surface area contributed by atoms with Gasteiger partial charge in [-0.05, 0) is 32.9 Å². The number of aliphatic hydroxyl groups is 1. The quantitative estimate of drug-likeness (QED) is 0.722. The lowest BCUT2D eigenvalue weighted by atomic mass is 9.99. The smallest absolute Gasteiger partial charge is 0.0693 e. The van der Waals surface area contributed by atoms with Gasteiger partial charge in [-0.3, -0.25) is 0 Å². The summed E-state index contributed by atoms with van der Waals surface area (Å²) in [5.41, 5.74) is 0. The Bertz CT molecular complexity index is 206. The Labute approximate surface area is 107 Å². The molecule has 1 aliphatic rings. The molecule has 2 N–H and O–H groups in total. The van der Waals surface area contributed by atoms with E-state index in [1.54, 1.807) is 0 Å². The number of hydrogen-bond donors (Lipinski definition) is 2. The van der Waals surface area contributed by atoms with E-state index in [2.05, 4.69) is 38.2 Å². The highest BCUT2D eigenvalue weighted by molar-refractivity contribution is 4.84. The van der Waals surface area contributed by atoms with Crippen LogP contribution in [0.4, 0.5) is 0 Å². The van der Waals surface area contributed by atoms with E-state index >= 15 is 0 Å². The van der Waals surface area contributed by atoms with Crippen LogP contribution in [-0.4, -0.2) is 48.8 Å². The largest absolute Gasteiger partial charge is 0.392 e. The minimum absolute atomic E-state index is 0.152. The minimum Gasteiger partial charge on any atom is -0.392 e. The maximum atomic E-state index is 10.1. The Morgan fingerprint density at radius 1 is 1.18 bits per heavy atom. The molecule has 3 heteroatoms. The molecular weight excluding hydrogens is 212 g/mol. The maximum Gasteiger partial charge on any atom is 0.0693 e. The van der Waals surface area contributed by atoms with Crippen LogP contribution in [0.1, 0.15) is 46.0 Å². The third-order valence-electron chi connectivity index (χ3n) is 3.77. The van der Waals surface area contributed by atoms with Gasteiger partial charge in [0.1, 0.15) is 0 Å². The van der Waals surface area contributed by atoms with Crippen molar-refractivity contribution in [1.82, 2.24) is 10.2 Å². The molecule has 0 aromatic heterocycles. The molecule has 1 aliphatic carbocycles. The van der Waals surface area contributed by atoms with Crippen molar-refractivity contribution in [3.63, 3.8) is 0 Å². The normalized spacial score (nSPS) is 28.4. The van der Waals surface area contributed by atoms with Gasteiger partial charge in [-0.25, -0.2) is 0 Å². The molecule has 3 atom stereocenters. The molecule has 0 aromatic rings. The van der Waals surface area contributed by atoms with Crippen LogP contribution in [0, 0.1) is 5.92 Å². The number of aliphatic hydroxyl groups excluding tert-OH is 1. The van der Waals surface area contributed by atoms with Crippen LogP contribution in [0.25, 0.3) is 0 Å². The van der Waals surface area contributed by atoms with E-state index < -0.39 is 0 Å². The van der Waals surface area contributed by atoms with Gasteiger partial charge in [-0.1, -0.05) is 33.1 Å². The Hall–Kier alpha value is -0.120. The first-order valence-electron chi connectivity index (χ1n) is 7.09. The lowest BCUT2D eigenvalue weighted by Gasteiger charge is -2.32. The van der Waals surface area contributed by atoms with E-state index in [1.807, 2.05) is 0 Å². The highest BCUT2D eigenvalue weighted by Crippen LogP contribution is 2.19. The van der Waals surface area contributed by atoms with Crippen molar-refractivity contribution in [1.29, 1.82) is 0 Å². The summed E-state index contributed by atoms with van der Waals surface area (Å²) < 4.78 is 0. The molecule has 3 nitrogen and oxygen atoms in total. The van der Waals surface area contributed by atoms with Crippen LogP contribution >= 0.6 is 0 Å². The molecule has 1 fully saturated rings. The Kier molecular flexibility index (Phi) is 6.45. The zero-order valence-electron chi connectivity index (χ0n) is 11.9. The van der Waals surface area contributed by atoms with E-state index in [0.29, 0.717) is 18.0 Å². The highest BCUT2D eigenvalue weighted by Gasteiger charge is 2.25. The summed E-state index contributed by atoms with van der Waals surface area (Å²) in [6.45, 7) is 5.55. The molecule has 0 bridgehead atoms. The predicted molar refractivity (Wildman–Crippen MR) is 73.2 cm³/mol. The highest BCUT2D eigenvalue weighted by atomic mass is 16.3. The van der Waals surface area contributed by atoms with Crippen molar-refractivity contribution in [2.75, 3.05) is 20.6 Å². The Morgan fingerprint density at radius 2 is 1.82 bits per heavy atom. The van der Waals surface area contributed by atoms with E-state index in [9.17, 15) is 5.11 Å². The molecule has 3 unspecified atom stereocenters. The minimum atomic E-state index is -0.152. The van der Waals surface area contributed by atoms with E-state index in [0.717, 1.165) is 19.4 Å². The van der Waals surface area contributed by atoms with Crippen LogP contribution in [0.3, 0.4) is 0 Å². The van der Waals surface area contributed by atoms with Crippen molar-refractivity contribution < 1.29 is 5.11 Å². The lowest BCUT2D eigenvalue weighted by Crippen LogP contribution is -2.50. The summed E-state index contributed by atoms with van der Waals surface area (Å²) in [5, 5.41) is 13.8. The molecule has 102 valence electrons. The van der Waals surface area contributed by atoms with Crippen molar-refractivity contribution >= 4 is 0 Å². The topological polar surface area (TPSA) is 35.5 Å². The maximum absolute atomic E-state index is 10.1. The number of nitrogens with one attached hydrogen (secondary N) is 1. The van der Waals surface area contributed by atoms with Crippen LogP contribution in [0.2, 0.25) is 0 Å². The lowest BCUT2D eigenvalue weighted by molar-refractivity contribution is 0.105. The molecule has 0 aliphatic heterocycles. The van der Waals surface area contributed by atoms with Gasteiger partial charge in [0.15, 0.2) is 0 Å². The molecule has 0 radical (unpaired) electrons. The first-order valence-corrected chi connectivity index (χ1v) is 7.09. The molecule has 0 heterocycles. The fraction of sp³-hybridized carbons (Fsp3) is 1.00. The molecule has 1 rings (SSSR count). The molecule has 0 aromatic carbocycles. The van der Waals surface area contributed by atoms with Crippen molar-refractivity contribution in [2.45, 2.75) is 64.1 Å². The van der Waals surface area contributed by atoms with Crippen LogP contribution in [0.15, 0.2) is 0 Å². The average Bonchev–Trinajstić information content (AvgIpc) is 2.42. The zero-order valence-corrected chi connectivity index (χ0v) is 11.9. The van der Waals surface area contributed by atoms with Gasteiger partial charge < -0.3 is 15.3 Å². The molecular formula is C14H30N2O. The Morgan fingerprint density at radius 3 is 2.41 bits per heavy atom. The second-order valence-corrected chi connectivity index (χ2v) is 6.09. The van der Waals surface area contributed by atoms with Gasteiger partial charge in [-0.2, -0.15) is 0 Å². The first-order chi connectivity index (χ1) is 8.00. The van der Waals surface area contributed by atoms with Gasteiger partial charge in [0.25, 0.3) is 0 Å². The monoisotopic (exact) mass is 242 g/mol. The third kappa shape index (κ3) is 5.36. The van der Waals surface area contributed by atoms with Gasteiger partial charge in [0, 0.05) is 18.6 Å². The summed E-state index contributed by atoms with van der Waals surface area (Å²) in [6, 6.07) is 0.771. The molecule has 0 spiro atoms. The summed E-state index contributed by atoms with van der Waals surface area (Å²) in [7, 11) is 4.22. The van der Waals surface area contributed by atoms with Crippen molar-refractivity contribution in [2.24, 2.45) is 5.92 Å².